The van der Waals surface area contributed by atoms with Gasteiger partial charge in [0.2, 0.25) is 5.94 Å². The Kier molecular flexibility index (Phi) is 6.80. The zero-order valence-electron chi connectivity index (χ0n) is 15.4. The van der Waals surface area contributed by atoms with E-state index in [1.807, 2.05) is 12.1 Å². The van der Waals surface area contributed by atoms with Crippen LogP contribution in [0.1, 0.15) is 37.2 Å². The molecule has 6 nitrogen and oxygen atoms in total. The lowest BCUT2D eigenvalue weighted by Gasteiger charge is -2.28. The van der Waals surface area contributed by atoms with E-state index in [0.29, 0.717) is 25.0 Å². The van der Waals surface area contributed by atoms with Gasteiger partial charge in [-0.3, -0.25) is 4.90 Å². The summed E-state index contributed by atoms with van der Waals surface area (Å²) in [6.45, 7) is 0.935. The SMILES string of the molecule is COC[C@H]1CN(c2ccc([C@H]3CC[C@H](OC[S+](C)[O-])CC3)cc2)C(=O)O1. The number of carbonyl (C=O) groups excluding carboxylic acids is 1. The van der Waals surface area contributed by atoms with Gasteiger partial charge in [-0.2, -0.15) is 0 Å². The van der Waals surface area contributed by atoms with Gasteiger partial charge in [0.15, 0.2) is 0 Å². The standard InChI is InChI=1S/C19H27NO5S/c1-23-12-18-11-20(19(21)25-18)16-7-3-14(4-8-16)15-5-9-17(10-6-15)24-13-26(2)22/h3-4,7-8,15,17-18H,5-6,9-13H2,1-2H3/t15-,17-,18-,26?/m1/s1. The largest absolute Gasteiger partial charge is 0.615 e. The number of anilines is 1. The fourth-order valence-corrected chi connectivity index (χ4v) is 4.07. The van der Waals surface area contributed by atoms with E-state index in [-0.39, 0.29) is 18.3 Å². The van der Waals surface area contributed by atoms with E-state index in [0.717, 1.165) is 31.4 Å². The molecular weight excluding hydrogens is 354 g/mol. The van der Waals surface area contributed by atoms with Gasteiger partial charge in [0.25, 0.3) is 0 Å². The Morgan fingerprint density at radius 2 is 1.92 bits per heavy atom. The molecule has 1 saturated heterocycles. The Hall–Kier alpha value is -1.28. The number of amides is 1. The monoisotopic (exact) mass is 381 g/mol. The minimum atomic E-state index is -0.896. The third kappa shape index (κ3) is 4.91. The van der Waals surface area contributed by atoms with Crippen molar-refractivity contribution in [1.82, 2.24) is 0 Å². The zero-order chi connectivity index (χ0) is 18.5. The van der Waals surface area contributed by atoms with E-state index < -0.39 is 11.2 Å². The maximum atomic E-state index is 12.0. The average Bonchev–Trinajstić information content (AvgIpc) is 3.01. The Labute approximate surface area is 158 Å². The van der Waals surface area contributed by atoms with Crippen molar-refractivity contribution in [1.29, 1.82) is 0 Å². The van der Waals surface area contributed by atoms with Gasteiger partial charge in [-0.25, -0.2) is 4.79 Å². The molecule has 0 aromatic heterocycles. The first-order valence-electron chi connectivity index (χ1n) is 9.05. The number of methoxy groups -OCH3 is 1. The van der Waals surface area contributed by atoms with Crippen molar-refractivity contribution in [3.8, 4) is 0 Å². The number of hydrogen-bond donors (Lipinski definition) is 0. The summed E-state index contributed by atoms with van der Waals surface area (Å²) in [7, 11) is 1.60. The molecule has 0 spiro atoms. The number of nitrogens with zero attached hydrogens (tertiary/aromatic N) is 1. The second kappa shape index (κ2) is 9.08. The highest BCUT2D eigenvalue weighted by Gasteiger charge is 2.32. The first kappa shape index (κ1) is 19.5. The second-order valence-corrected chi connectivity index (χ2v) is 8.38. The van der Waals surface area contributed by atoms with Crippen molar-refractivity contribution in [3.63, 3.8) is 0 Å². The lowest BCUT2D eigenvalue weighted by molar-refractivity contribution is 0.0524. The van der Waals surface area contributed by atoms with Gasteiger partial charge >= 0.3 is 6.09 Å². The summed E-state index contributed by atoms with van der Waals surface area (Å²) in [4.78, 5) is 13.7. The van der Waals surface area contributed by atoms with Crippen molar-refractivity contribution in [2.75, 3.05) is 37.4 Å². The number of carbonyl (C=O) groups is 1. The summed E-state index contributed by atoms with van der Waals surface area (Å²) in [6.07, 6.45) is 5.52. The van der Waals surface area contributed by atoms with Crippen molar-refractivity contribution >= 4 is 23.0 Å². The molecule has 1 aromatic rings. The lowest BCUT2D eigenvalue weighted by atomic mass is 9.82. The van der Waals surface area contributed by atoms with Gasteiger partial charge in [0.1, 0.15) is 6.10 Å². The highest BCUT2D eigenvalue weighted by atomic mass is 32.2. The molecule has 2 aliphatic rings. The van der Waals surface area contributed by atoms with Crippen molar-refractivity contribution < 1.29 is 23.6 Å². The van der Waals surface area contributed by atoms with E-state index in [2.05, 4.69) is 12.1 Å². The third-order valence-electron chi connectivity index (χ3n) is 5.05. The lowest BCUT2D eigenvalue weighted by Crippen LogP contribution is -2.25. The maximum Gasteiger partial charge on any atom is 0.414 e. The topological polar surface area (TPSA) is 71.1 Å². The summed E-state index contributed by atoms with van der Waals surface area (Å²) >= 11 is -0.896. The molecule has 1 unspecified atom stereocenters. The smallest absolute Gasteiger partial charge is 0.414 e. The predicted octanol–water partition coefficient (Wildman–Crippen LogP) is 3.04. The van der Waals surface area contributed by atoms with Gasteiger partial charge in [0, 0.05) is 12.8 Å². The first-order chi connectivity index (χ1) is 12.6. The molecule has 3 rings (SSSR count). The number of hydrogen-bond acceptors (Lipinski definition) is 5. The summed E-state index contributed by atoms with van der Waals surface area (Å²) in [5.74, 6) is 0.850. The zero-order valence-corrected chi connectivity index (χ0v) is 16.2. The third-order valence-corrected chi connectivity index (χ3v) is 5.51. The molecule has 1 aliphatic heterocycles. The normalized spacial score (nSPS) is 27.4. The molecular formula is C19H27NO5S. The average molecular weight is 381 g/mol. The van der Waals surface area contributed by atoms with Crippen molar-refractivity contribution in [3.05, 3.63) is 29.8 Å². The van der Waals surface area contributed by atoms with E-state index in [9.17, 15) is 9.35 Å². The van der Waals surface area contributed by atoms with E-state index in [1.54, 1.807) is 18.3 Å². The highest BCUT2D eigenvalue weighted by Crippen LogP contribution is 2.35. The fraction of sp³-hybridized carbons (Fsp3) is 0.632. The Bertz CT molecular complexity index is 586. The van der Waals surface area contributed by atoms with Crippen LogP contribution in [0.4, 0.5) is 10.5 Å². The fourth-order valence-electron chi connectivity index (χ4n) is 3.69. The minimum Gasteiger partial charge on any atom is -0.615 e. The van der Waals surface area contributed by atoms with Gasteiger partial charge in [-0.1, -0.05) is 12.1 Å². The molecule has 2 atom stereocenters. The summed E-state index contributed by atoms with van der Waals surface area (Å²) < 4.78 is 27.2. The molecule has 1 saturated carbocycles. The molecule has 0 bridgehead atoms. The molecule has 0 radical (unpaired) electrons. The van der Waals surface area contributed by atoms with Crippen LogP contribution in [0.3, 0.4) is 0 Å². The van der Waals surface area contributed by atoms with Gasteiger partial charge < -0.3 is 18.8 Å². The highest BCUT2D eigenvalue weighted by molar-refractivity contribution is 7.90. The Morgan fingerprint density at radius 1 is 1.23 bits per heavy atom. The van der Waals surface area contributed by atoms with Crippen LogP contribution in [0.2, 0.25) is 0 Å². The summed E-state index contributed by atoms with van der Waals surface area (Å²) in [5, 5.41) is 0. The Morgan fingerprint density at radius 3 is 2.54 bits per heavy atom. The number of rotatable bonds is 7. The predicted molar refractivity (Wildman–Crippen MR) is 101 cm³/mol. The van der Waals surface area contributed by atoms with Crippen molar-refractivity contribution in [2.24, 2.45) is 0 Å². The van der Waals surface area contributed by atoms with Crippen LogP contribution >= 0.6 is 0 Å². The summed E-state index contributed by atoms with van der Waals surface area (Å²) in [5.41, 5.74) is 2.16. The summed E-state index contributed by atoms with van der Waals surface area (Å²) in [6, 6.07) is 8.21. The van der Waals surface area contributed by atoms with Crippen LogP contribution in [-0.2, 0) is 25.4 Å². The van der Waals surface area contributed by atoms with Crippen LogP contribution in [0, 0.1) is 0 Å². The van der Waals surface area contributed by atoms with Crippen LogP contribution in [-0.4, -0.2) is 55.3 Å². The maximum absolute atomic E-state index is 12.0. The van der Waals surface area contributed by atoms with Gasteiger partial charge in [-0.05, 0) is 60.5 Å². The molecule has 1 amide bonds. The molecule has 26 heavy (non-hydrogen) atoms. The van der Waals surface area contributed by atoms with E-state index >= 15 is 0 Å². The molecule has 1 aromatic carbocycles. The molecule has 2 fully saturated rings. The van der Waals surface area contributed by atoms with E-state index in [1.165, 1.54) is 5.56 Å². The van der Waals surface area contributed by atoms with Gasteiger partial charge in [0.05, 0.1) is 25.5 Å². The van der Waals surface area contributed by atoms with Crippen LogP contribution in [0.5, 0.6) is 0 Å². The molecule has 0 N–H and O–H groups in total. The first-order valence-corrected chi connectivity index (χ1v) is 10.8. The van der Waals surface area contributed by atoms with Crippen LogP contribution in [0.15, 0.2) is 24.3 Å². The van der Waals surface area contributed by atoms with Crippen molar-refractivity contribution in [2.45, 2.75) is 43.8 Å². The van der Waals surface area contributed by atoms with Gasteiger partial charge in [-0.15, -0.1) is 0 Å². The van der Waals surface area contributed by atoms with E-state index in [4.69, 9.17) is 14.2 Å². The number of benzene rings is 1. The molecule has 144 valence electrons. The molecule has 1 heterocycles. The van der Waals surface area contributed by atoms with Crippen LogP contribution in [0.25, 0.3) is 0 Å². The van der Waals surface area contributed by atoms with Crippen LogP contribution < -0.4 is 4.90 Å². The number of ether oxygens (including phenoxy) is 3. The quantitative estimate of drug-likeness (QED) is 0.679. The second-order valence-electron chi connectivity index (χ2n) is 6.99. The molecule has 7 heteroatoms. The number of cyclic esters (lactones) is 1. The minimum absolute atomic E-state index is 0.208. The molecule has 1 aliphatic carbocycles. The Balaban J connectivity index is 1.53.